The molecule has 4 nitrogen and oxygen atoms in total. The zero-order chi connectivity index (χ0) is 17.2. The van der Waals surface area contributed by atoms with Crippen LogP contribution in [0.3, 0.4) is 0 Å². The van der Waals surface area contributed by atoms with Gasteiger partial charge in [0.25, 0.3) is 5.91 Å². The Hall–Kier alpha value is -1.85. The van der Waals surface area contributed by atoms with Crippen LogP contribution in [-0.2, 0) is 10.5 Å². The van der Waals surface area contributed by atoms with Gasteiger partial charge < -0.3 is 14.8 Å². The molecular formula is C18H20ClNO3S. The molecule has 2 aromatic rings. The van der Waals surface area contributed by atoms with Crippen LogP contribution in [0, 0.1) is 0 Å². The minimum atomic E-state index is -0.127. The van der Waals surface area contributed by atoms with Crippen LogP contribution < -0.4 is 14.8 Å². The van der Waals surface area contributed by atoms with E-state index < -0.39 is 0 Å². The standard InChI is InChI=1S/C18H20ClNO3S/c1-22-16-6-8-17(9-7-16)23-12-18(21)20-10-11-24-13-14-2-4-15(19)5-3-14/h2-9H,10-13H2,1H3,(H,20,21). The van der Waals surface area contributed by atoms with Crippen molar-refractivity contribution < 1.29 is 14.3 Å². The van der Waals surface area contributed by atoms with Gasteiger partial charge in [-0.2, -0.15) is 11.8 Å². The van der Waals surface area contributed by atoms with E-state index in [-0.39, 0.29) is 12.5 Å². The lowest BCUT2D eigenvalue weighted by Gasteiger charge is -2.08. The van der Waals surface area contributed by atoms with Gasteiger partial charge in [0.2, 0.25) is 0 Å². The quantitative estimate of drug-likeness (QED) is 0.687. The highest BCUT2D eigenvalue weighted by Gasteiger charge is 2.03. The van der Waals surface area contributed by atoms with Crippen LogP contribution in [0.2, 0.25) is 5.02 Å². The molecule has 0 saturated heterocycles. The second-order valence-corrected chi connectivity index (χ2v) is 6.53. The molecule has 0 radical (unpaired) electrons. The Labute approximate surface area is 151 Å². The van der Waals surface area contributed by atoms with E-state index in [1.54, 1.807) is 43.1 Å². The molecule has 0 aliphatic heterocycles. The number of hydrogen-bond donors (Lipinski definition) is 1. The number of halogens is 1. The summed E-state index contributed by atoms with van der Waals surface area (Å²) in [4.78, 5) is 11.7. The third kappa shape index (κ3) is 6.72. The van der Waals surface area contributed by atoms with Gasteiger partial charge in [-0.3, -0.25) is 4.79 Å². The molecule has 6 heteroatoms. The molecule has 128 valence electrons. The molecule has 0 unspecified atom stereocenters. The number of benzene rings is 2. The van der Waals surface area contributed by atoms with Crippen molar-refractivity contribution in [1.82, 2.24) is 5.32 Å². The summed E-state index contributed by atoms with van der Waals surface area (Å²) in [6.45, 7) is 0.622. The van der Waals surface area contributed by atoms with Crippen LogP contribution in [-0.4, -0.2) is 31.9 Å². The van der Waals surface area contributed by atoms with Crippen molar-refractivity contribution in [2.24, 2.45) is 0 Å². The van der Waals surface area contributed by atoms with Gasteiger partial charge in [0.15, 0.2) is 6.61 Å². The van der Waals surface area contributed by atoms with Crippen LogP contribution in [0.4, 0.5) is 0 Å². The maximum atomic E-state index is 11.7. The van der Waals surface area contributed by atoms with Crippen LogP contribution in [0.25, 0.3) is 0 Å². The molecule has 24 heavy (non-hydrogen) atoms. The van der Waals surface area contributed by atoms with E-state index in [0.29, 0.717) is 12.3 Å². The van der Waals surface area contributed by atoms with Crippen molar-refractivity contribution in [3.8, 4) is 11.5 Å². The van der Waals surface area contributed by atoms with E-state index in [1.807, 2.05) is 24.3 Å². The molecule has 0 aromatic heterocycles. The Bertz CT molecular complexity index is 632. The fourth-order valence-corrected chi connectivity index (χ4v) is 2.85. The number of amides is 1. The molecule has 0 heterocycles. The average molecular weight is 366 g/mol. The molecule has 0 spiro atoms. The molecule has 2 rings (SSSR count). The van der Waals surface area contributed by atoms with Crippen molar-refractivity contribution in [3.05, 3.63) is 59.1 Å². The number of methoxy groups -OCH3 is 1. The van der Waals surface area contributed by atoms with Crippen LogP contribution in [0.5, 0.6) is 11.5 Å². The second-order valence-electron chi connectivity index (χ2n) is 4.99. The molecule has 0 aliphatic rings. The molecule has 0 fully saturated rings. The van der Waals surface area contributed by atoms with E-state index >= 15 is 0 Å². The number of carbonyl (C=O) groups excluding carboxylic acids is 1. The number of hydrogen-bond acceptors (Lipinski definition) is 4. The number of nitrogens with one attached hydrogen (secondary N) is 1. The fourth-order valence-electron chi connectivity index (χ4n) is 1.91. The number of ether oxygens (including phenoxy) is 2. The number of carbonyl (C=O) groups is 1. The molecule has 0 aliphatic carbocycles. The van der Waals surface area contributed by atoms with Gasteiger partial charge in [0, 0.05) is 23.1 Å². The largest absolute Gasteiger partial charge is 0.497 e. The predicted octanol–water partition coefficient (Wildman–Crippen LogP) is 3.78. The maximum Gasteiger partial charge on any atom is 0.257 e. The minimum absolute atomic E-state index is 0.00811. The van der Waals surface area contributed by atoms with Crippen LogP contribution >= 0.6 is 23.4 Å². The summed E-state index contributed by atoms with van der Waals surface area (Å²) in [5.41, 5.74) is 1.22. The first-order valence-electron chi connectivity index (χ1n) is 7.53. The summed E-state index contributed by atoms with van der Waals surface area (Å²) in [6, 6.07) is 14.9. The van der Waals surface area contributed by atoms with Gasteiger partial charge in [-0.05, 0) is 42.0 Å². The molecule has 0 atom stereocenters. The summed E-state index contributed by atoms with van der Waals surface area (Å²) in [7, 11) is 1.61. The summed E-state index contributed by atoms with van der Waals surface area (Å²) in [5, 5.41) is 3.58. The molecule has 1 N–H and O–H groups in total. The lowest BCUT2D eigenvalue weighted by molar-refractivity contribution is -0.122. The highest BCUT2D eigenvalue weighted by Crippen LogP contribution is 2.17. The highest BCUT2D eigenvalue weighted by atomic mass is 35.5. The Kier molecular flexibility index (Phi) is 7.79. The number of rotatable bonds is 9. The highest BCUT2D eigenvalue weighted by molar-refractivity contribution is 7.98. The summed E-state index contributed by atoms with van der Waals surface area (Å²) >= 11 is 7.61. The first-order chi connectivity index (χ1) is 11.7. The average Bonchev–Trinajstić information content (AvgIpc) is 2.61. The Morgan fingerprint density at radius 3 is 2.42 bits per heavy atom. The van der Waals surface area contributed by atoms with Crippen molar-refractivity contribution in [1.29, 1.82) is 0 Å². The van der Waals surface area contributed by atoms with Crippen LogP contribution in [0.15, 0.2) is 48.5 Å². The first kappa shape index (κ1) is 18.5. The zero-order valence-corrected chi connectivity index (χ0v) is 15.0. The van der Waals surface area contributed by atoms with Crippen molar-refractivity contribution in [2.45, 2.75) is 5.75 Å². The summed E-state index contributed by atoms with van der Waals surface area (Å²) in [5.74, 6) is 3.01. The third-order valence-electron chi connectivity index (χ3n) is 3.18. The molecule has 2 aromatic carbocycles. The zero-order valence-electron chi connectivity index (χ0n) is 13.5. The van der Waals surface area contributed by atoms with E-state index in [9.17, 15) is 4.79 Å². The van der Waals surface area contributed by atoms with Crippen LogP contribution in [0.1, 0.15) is 5.56 Å². The van der Waals surface area contributed by atoms with E-state index in [4.69, 9.17) is 21.1 Å². The van der Waals surface area contributed by atoms with E-state index in [2.05, 4.69) is 5.32 Å². The topological polar surface area (TPSA) is 47.6 Å². The first-order valence-corrected chi connectivity index (χ1v) is 9.06. The molecular weight excluding hydrogens is 346 g/mol. The van der Waals surface area contributed by atoms with Gasteiger partial charge in [0.05, 0.1) is 7.11 Å². The monoisotopic (exact) mass is 365 g/mol. The van der Waals surface area contributed by atoms with Gasteiger partial charge >= 0.3 is 0 Å². The van der Waals surface area contributed by atoms with Crippen molar-refractivity contribution in [3.63, 3.8) is 0 Å². The normalized spacial score (nSPS) is 10.2. The second kappa shape index (κ2) is 10.1. The molecule has 0 saturated carbocycles. The number of thioether (sulfide) groups is 1. The third-order valence-corrected chi connectivity index (χ3v) is 4.46. The van der Waals surface area contributed by atoms with Gasteiger partial charge in [-0.25, -0.2) is 0 Å². The maximum absolute atomic E-state index is 11.7. The predicted molar refractivity (Wildman–Crippen MR) is 99.1 cm³/mol. The lowest BCUT2D eigenvalue weighted by atomic mass is 10.2. The molecule has 1 amide bonds. The summed E-state index contributed by atoms with van der Waals surface area (Å²) < 4.78 is 10.5. The fraction of sp³-hybridized carbons (Fsp3) is 0.278. The Balaban J connectivity index is 1.56. The summed E-state index contributed by atoms with van der Waals surface area (Å²) in [6.07, 6.45) is 0. The smallest absolute Gasteiger partial charge is 0.257 e. The van der Waals surface area contributed by atoms with Crippen molar-refractivity contribution in [2.75, 3.05) is 26.0 Å². The van der Waals surface area contributed by atoms with Gasteiger partial charge in [-0.15, -0.1) is 0 Å². The minimum Gasteiger partial charge on any atom is -0.497 e. The van der Waals surface area contributed by atoms with Gasteiger partial charge in [0.1, 0.15) is 11.5 Å². The lowest BCUT2D eigenvalue weighted by Crippen LogP contribution is -2.30. The SMILES string of the molecule is COc1ccc(OCC(=O)NCCSCc2ccc(Cl)cc2)cc1. The Morgan fingerprint density at radius 1 is 1.08 bits per heavy atom. The molecule has 0 bridgehead atoms. The Morgan fingerprint density at radius 2 is 1.75 bits per heavy atom. The van der Waals surface area contributed by atoms with E-state index in [0.717, 1.165) is 22.3 Å². The van der Waals surface area contributed by atoms with Gasteiger partial charge in [-0.1, -0.05) is 23.7 Å². The van der Waals surface area contributed by atoms with E-state index in [1.165, 1.54) is 5.56 Å². The van der Waals surface area contributed by atoms with Crippen molar-refractivity contribution >= 4 is 29.3 Å².